The van der Waals surface area contributed by atoms with Crippen LogP contribution < -0.4 is 5.32 Å². The van der Waals surface area contributed by atoms with Gasteiger partial charge in [-0.1, -0.05) is 13.8 Å². The van der Waals surface area contributed by atoms with Gasteiger partial charge in [-0.25, -0.2) is 0 Å². The van der Waals surface area contributed by atoms with Crippen LogP contribution in [0.5, 0.6) is 0 Å². The molecule has 2 heteroatoms. The van der Waals surface area contributed by atoms with E-state index in [1.807, 2.05) is 7.05 Å². The van der Waals surface area contributed by atoms with Crippen LogP contribution in [0.4, 0.5) is 0 Å². The Bertz CT molecular complexity index is 78.9. The second-order valence-corrected chi connectivity index (χ2v) is 3.25. The number of nitrogens with one attached hydrogen (secondary N) is 1. The zero-order chi connectivity index (χ0) is 8.53. The van der Waals surface area contributed by atoms with E-state index >= 15 is 0 Å². The van der Waals surface area contributed by atoms with Gasteiger partial charge in [0.2, 0.25) is 0 Å². The predicted octanol–water partition coefficient (Wildman–Crippen LogP) is 1.90. The highest BCUT2D eigenvalue weighted by Crippen LogP contribution is 1.98. The summed E-state index contributed by atoms with van der Waals surface area (Å²) >= 11 is 0. The maximum Gasteiger partial charge on any atom is 0.0478 e. The van der Waals surface area contributed by atoms with Crippen LogP contribution in [0.15, 0.2) is 0 Å². The summed E-state index contributed by atoms with van der Waals surface area (Å²) < 4.78 is 5.41. The van der Waals surface area contributed by atoms with Gasteiger partial charge < -0.3 is 10.1 Å². The molecule has 0 amide bonds. The molecule has 0 saturated heterocycles. The molecule has 2 nitrogen and oxygen atoms in total. The van der Waals surface area contributed by atoms with Crippen LogP contribution >= 0.6 is 0 Å². The zero-order valence-electron chi connectivity index (χ0n) is 8.02. The quantitative estimate of drug-likeness (QED) is 0.576. The number of rotatable bonds is 7. The first kappa shape index (κ1) is 10.9. The Morgan fingerprint density at radius 2 is 2.09 bits per heavy atom. The molecule has 1 N–H and O–H groups in total. The Labute approximate surface area is 71.8 Å². The standard InChI is InChI=1S/C9H21NO.H2/c1-9(2)5-8-11-7-4-6-10-3;/h9-10H,4-8H2,1-3H3;1H. The SMILES string of the molecule is CNCCCOCCC(C)C.[HH]. The van der Waals surface area contributed by atoms with E-state index in [0.717, 1.165) is 32.1 Å². The highest BCUT2D eigenvalue weighted by molar-refractivity contribution is 4.44. The average Bonchev–Trinajstić information content (AvgIpc) is 1.96. The summed E-state index contributed by atoms with van der Waals surface area (Å²) in [7, 11) is 1.97. The van der Waals surface area contributed by atoms with Crippen LogP contribution in [0.1, 0.15) is 28.1 Å². The molecular weight excluding hydrogens is 138 g/mol. The molecule has 0 aliphatic heterocycles. The van der Waals surface area contributed by atoms with Gasteiger partial charge >= 0.3 is 0 Å². The summed E-state index contributed by atoms with van der Waals surface area (Å²) in [5.41, 5.74) is 0. The second kappa shape index (κ2) is 8.02. The maximum absolute atomic E-state index is 5.41. The molecule has 0 atom stereocenters. The molecule has 0 heterocycles. The first-order valence-corrected chi connectivity index (χ1v) is 4.49. The van der Waals surface area contributed by atoms with E-state index in [2.05, 4.69) is 19.2 Å². The third-order valence-corrected chi connectivity index (χ3v) is 1.55. The van der Waals surface area contributed by atoms with Crippen LogP contribution in [0.3, 0.4) is 0 Å². The van der Waals surface area contributed by atoms with Crippen molar-refractivity contribution < 1.29 is 6.16 Å². The number of ether oxygens (including phenoxy) is 1. The van der Waals surface area contributed by atoms with Gasteiger partial charge in [0.25, 0.3) is 0 Å². The molecule has 0 aliphatic rings. The van der Waals surface area contributed by atoms with Gasteiger partial charge in [-0.05, 0) is 32.4 Å². The Hall–Kier alpha value is -0.0800. The molecule has 0 spiro atoms. The molecule has 0 bridgehead atoms. The third kappa shape index (κ3) is 9.92. The normalized spacial score (nSPS) is 10.9. The van der Waals surface area contributed by atoms with Crippen LogP contribution in [0, 0.1) is 5.92 Å². The lowest BCUT2D eigenvalue weighted by atomic mass is 10.1. The molecule has 0 aromatic heterocycles. The number of hydrogen-bond donors (Lipinski definition) is 1. The molecule has 0 radical (unpaired) electrons. The topological polar surface area (TPSA) is 21.3 Å². The molecule has 0 fully saturated rings. The zero-order valence-corrected chi connectivity index (χ0v) is 8.02. The van der Waals surface area contributed by atoms with Crippen molar-refractivity contribution in [2.45, 2.75) is 26.7 Å². The van der Waals surface area contributed by atoms with Crippen molar-refractivity contribution in [3.63, 3.8) is 0 Å². The van der Waals surface area contributed by atoms with E-state index in [1.54, 1.807) is 0 Å². The molecule has 11 heavy (non-hydrogen) atoms. The Morgan fingerprint density at radius 3 is 2.64 bits per heavy atom. The lowest BCUT2D eigenvalue weighted by Crippen LogP contribution is -2.11. The van der Waals surface area contributed by atoms with Gasteiger partial charge in [0.05, 0.1) is 0 Å². The van der Waals surface area contributed by atoms with Crippen molar-refractivity contribution in [1.82, 2.24) is 5.32 Å². The molecule has 0 aromatic carbocycles. The monoisotopic (exact) mass is 161 g/mol. The van der Waals surface area contributed by atoms with Gasteiger partial charge in [0.1, 0.15) is 0 Å². The minimum atomic E-state index is 0. The van der Waals surface area contributed by atoms with Gasteiger partial charge in [-0.3, -0.25) is 0 Å². The average molecular weight is 161 g/mol. The second-order valence-electron chi connectivity index (χ2n) is 3.25. The largest absolute Gasteiger partial charge is 0.381 e. The Morgan fingerprint density at radius 1 is 1.36 bits per heavy atom. The molecule has 0 unspecified atom stereocenters. The highest BCUT2D eigenvalue weighted by atomic mass is 16.5. The van der Waals surface area contributed by atoms with E-state index < -0.39 is 0 Å². The first-order chi connectivity index (χ1) is 5.27. The first-order valence-electron chi connectivity index (χ1n) is 4.49. The van der Waals surface area contributed by atoms with E-state index in [9.17, 15) is 0 Å². The summed E-state index contributed by atoms with van der Waals surface area (Å²) in [6.45, 7) is 7.31. The molecular formula is C9H23NO. The fourth-order valence-corrected chi connectivity index (χ4v) is 0.772. The van der Waals surface area contributed by atoms with Crippen molar-refractivity contribution >= 4 is 0 Å². The van der Waals surface area contributed by atoms with E-state index in [-0.39, 0.29) is 1.43 Å². The lowest BCUT2D eigenvalue weighted by molar-refractivity contribution is 0.121. The smallest absolute Gasteiger partial charge is 0.0478 e. The minimum absolute atomic E-state index is 0. The highest BCUT2D eigenvalue weighted by Gasteiger charge is 1.92. The predicted molar refractivity (Wildman–Crippen MR) is 50.9 cm³/mol. The Balaban J connectivity index is 0. The van der Waals surface area contributed by atoms with Crippen molar-refractivity contribution in [3.8, 4) is 0 Å². The van der Waals surface area contributed by atoms with E-state index in [0.29, 0.717) is 0 Å². The van der Waals surface area contributed by atoms with Crippen molar-refractivity contribution in [1.29, 1.82) is 0 Å². The maximum atomic E-state index is 5.41. The van der Waals surface area contributed by atoms with Crippen LogP contribution in [-0.2, 0) is 4.74 Å². The summed E-state index contributed by atoms with van der Waals surface area (Å²) in [6, 6.07) is 0. The number of hydrogen-bond acceptors (Lipinski definition) is 2. The fourth-order valence-electron chi connectivity index (χ4n) is 0.772. The van der Waals surface area contributed by atoms with Crippen LogP contribution in [0.25, 0.3) is 0 Å². The molecule has 70 valence electrons. The van der Waals surface area contributed by atoms with Gasteiger partial charge in [0.15, 0.2) is 0 Å². The van der Waals surface area contributed by atoms with Gasteiger partial charge in [0, 0.05) is 14.6 Å². The molecule has 0 rings (SSSR count). The van der Waals surface area contributed by atoms with E-state index in [4.69, 9.17) is 4.74 Å². The third-order valence-electron chi connectivity index (χ3n) is 1.55. The Kier molecular flexibility index (Phi) is 7.96. The summed E-state index contributed by atoms with van der Waals surface area (Å²) in [6.07, 6.45) is 2.30. The fraction of sp³-hybridized carbons (Fsp3) is 1.00. The van der Waals surface area contributed by atoms with Gasteiger partial charge in [-0.2, -0.15) is 0 Å². The van der Waals surface area contributed by atoms with Crippen LogP contribution in [-0.4, -0.2) is 26.8 Å². The molecule has 0 aromatic rings. The van der Waals surface area contributed by atoms with Crippen molar-refractivity contribution in [2.24, 2.45) is 5.92 Å². The molecule has 0 aliphatic carbocycles. The summed E-state index contributed by atoms with van der Waals surface area (Å²) in [4.78, 5) is 0. The van der Waals surface area contributed by atoms with Crippen molar-refractivity contribution in [2.75, 3.05) is 26.8 Å². The molecule has 0 saturated carbocycles. The lowest BCUT2D eigenvalue weighted by Gasteiger charge is -2.05. The van der Waals surface area contributed by atoms with E-state index in [1.165, 1.54) is 6.42 Å². The summed E-state index contributed by atoms with van der Waals surface area (Å²) in [5, 5.41) is 3.09. The minimum Gasteiger partial charge on any atom is -0.381 e. The van der Waals surface area contributed by atoms with Crippen molar-refractivity contribution in [3.05, 3.63) is 0 Å². The van der Waals surface area contributed by atoms with Crippen LogP contribution in [0.2, 0.25) is 0 Å². The summed E-state index contributed by atoms with van der Waals surface area (Å²) in [5.74, 6) is 0.763. The van der Waals surface area contributed by atoms with Gasteiger partial charge in [-0.15, -0.1) is 0 Å².